The van der Waals surface area contributed by atoms with Crippen LogP contribution >= 0.6 is 0 Å². The fraction of sp³-hybridized carbons (Fsp3) is 0.524. The highest BCUT2D eigenvalue weighted by molar-refractivity contribution is 5.94. The van der Waals surface area contributed by atoms with Crippen LogP contribution in [0.3, 0.4) is 0 Å². The summed E-state index contributed by atoms with van der Waals surface area (Å²) in [6.07, 6.45) is 2.64. The summed E-state index contributed by atoms with van der Waals surface area (Å²) < 4.78 is 0. The Balaban J connectivity index is 2.76. The van der Waals surface area contributed by atoms with Gasteiger partial charge in [-0.2, -0.15) is 0 Å². The van der Waals surface area contributed by atoms with Gasteiger partial charge in [-0.05, 0) is 19.3 Å². The van der Waals surface area contributed by atoms with E-state index in [1.165, 1.54) is 12.5 Å². The summed E-state index contributed by atoms with van der Waals surface area (Å²) in [7, 11) is 0. The number of amides is 4. The topological polar surface area (TPSA) is 310 Å². The highest BCUT2D eigenvalue weighted by Gasteiger charge is 2.26. The number of aliphatic imine (C=N–C) groups is 1. The van der Waals surface area contributed by atoms with Crippen molar-refractivity contribution in [1.82, 2.24) is 31.2 Å². The Hall–Kier alpha value is -4.74. The number of aliphatic carboxylic acids is 2. The average Bonchev–Trinajstić information content (AvgIpc) is 3.38. The lowest BCUT2D eigenvalue weighted by Gasteiger charge is -2.21. The van der Waals surface area contributed by atoms with Crippen LogP contribution in [0.15, 0.2) is 17.5 Å². The van der Waals surface area contributed by atoms with E-state index >= 15 is 0 Å². The Labute approximate surface area is 222 Å². The Morgan fingerprint density at radius 2 is 1.59 bits per heavy atom. The van der Waals surface area contributed by atoms with Crippen molar-refractivity contribution in [3.8, 4) is 0 Å². The number of carbonyl (C=O) groups excluding carboxylic acids is 4. The Morgan fingerprint density at radius 1 is 0.923 bits per heavy atom. The van der Waals surface area contributed by atoms with E-state index in [9.17, 15) is 28.8 Å². The molecular weight excluding hydrogens is 520 g/mol. The molecule has 0 saturated heterocycles. The standard InChI is InChI=1S/C21H34N10O8/c22-12(2-1-5-26-21(23)24)18(37)31-14(6-11-7-25-10-29-11)20(39)27-8-15(32)30-13(3-4-16(33)34)19(38)28-9-17(35)36/h7,10,12-14H,1-6,8-9,22H2,(H,25,29)(H,27,39)(H,28,38)(H,30,32)(H,31,37)(H,33,34)(H,35,36)(H4,23,24,26)/t12-,13-,14-/m0/s1. The van der Waals surface area contributed by atoms with Gasteiger partial charge in [-0.1, -0.05) is 0 Å². The van der Waals surface area contributed by atoms with E-state index in [1.54, 1.807) is 0 Å². The van der Waals surface area contributed by atoms with Crippen LogP contribution in [-0.4, -0.2) is 99.5 Å². The van der Waals surface area contributed by atoms with Gasteiger partial charge in [0.2, 0.25) is 23.6 Å². The molecule has 1 rings (SSSR count). The van der Waals surface area contributed by atoms with E-state index in [0.717, 1.165) is 0 Å². The second kappa shape index (κ2) is 16.9. The van der Waals surface area contributed by atoms with E-state index in [2.05, 4.69) is 36.2 Å². The monoisotopic (exact) mass is 554 g/mol. The van der Waals surface area contributed by atoms with Gasteiger partial charge in [0, 0.05) is 31.3 Å². The van der Waals surface area contributed by atoms with Crippen LogP contribution in [0, 0.1) is 0 Å². The van der Waals surface area contributed by atoms with Crippen LogP contribution in [0.25, 0.3) is 0 Å². The first-order chi connectivity index (χ1) is 18.4. The Bertz CT molecular complexity index is 1030. The predicted octanol–water partition coefficient (Wildman–Crippen LogP) is -4.52. The van der Waals surface area contributed by atoms with Crippen molar-refractivity contribution in [3.63, 3.8) is 0 Å². The van der Waals surface area contributed by atoms with Gasteiger partial charge in [-0.25, -0.2) is 4.98 Å². The summed E-state index contributed by atoms with van der Waals surface area (Å²) in [5.41, 5.74) is 16.9. The number of nitrogens with zero attached hydrogens (tertiary/aromatic N) is 2. The summed E-state index contributed by atoms with van der Waals surface area (Å²) in [4.78, 5) is 82.0. The normalized spacial score (nSPS) is 12.7. The summed E-state index contributed by atoms with van der Waals surface area (Å²) >= 11 is 0. The van der Waals surface area contributed by atoms with Crippen molar-refractivity contribution >= 4 is 41.5 Å². The minimum absolute atomic E-state index is 0.0151. The molecule has 1 aromatic heterocycles. The summed E-state index contributed by atoms with van der Waals surface area (Å²) in [6, 6.07) is -3.49. The molecule has 0 aliphatic heterocycles. The Kier molecular flexibility index (Phi) is 14.0. The van der Waals surface area contributed by atoms with Crippen molar-refractivity contribution in [3.05, 3.63) is 18.2 Å². The molecule has 39 heavy (non-hydrogen) atoms. The van der Waals surface area contributed by atoms with Crippen LogP contribution in [0.5, 0.6) is 0 Å². The maximum atomic E-state index is 12.8. The third-order valence-corrected chi connectivity index (χ3v) is 5.05. The second-order valence-corrected chi connectivity index (χ2v) is 8.28. The number of hydrogen-bond acceptors (Lipinski definition) is 9. The van der Waals surface area contributed by atoms with Gasteiger partial charge in [0.1, 0.15) is 18.6 Å². The fourth-order valence-electron chi connectivity index (χ4n) is 3.11. The summed E-state index contributed by atoms with van der Waals surface area (Å²) in [6.45, 7) is -1.10. The maximum Gasteiger partial charge on any atom is 0.322 e. The van der Waals surface area contributed by atoms with Gasteiger partial charge in [0.25, 0.3) is 0 Å². The van der Waals surface area contributed by atoms with Crippen molar-refractivity contribution in [1.29, 1.82) is 0 Å². The molecular formula is C21H34N10O8. The molecule has 0 aliphatic carbocycles. The van der Waals surface area contributed by atoms with Gasteiger partial charge in [0.15, 0.2) is 5.96 Å². The highest BCUT2D eigenvalue weighted by Crippen LogP contribution is 2.02. The molecule has 0 radical (unpaired) electrons. The van der Waals surface area contributed by atoms with E-state index in [4.69, 9.17) is 27.4 Å². The first-order valence-electron chi connectivity index (χ1n) is 11.8. The van der Waals surface area contributed by atoms with E-state index in [-0.39, 0.29) is 31.8 Å². The number of aromatic amines is 1. The quantitative estimate of drug-likeness (QED) is 0.0466. The van der Waals surface area contributed by atoms with Crippen LogP contribution in [0.2, 0.25) is 0 Å². The molecule has 18 nitrogen and oxygen atoms in total. The van der Waals surface area contributed by atoms with E-state index in [1.807, 2.05) is 0 Å². The molecule has 1 aromatic rings. The minimum atomic E-state index is -1.36. The molecule has 3 atom stereocenters. The Morgan fingerprint density at radius 3 is 2.18 bits per heavy atom. The SMILES string of the molecule is NC(N)=NCCC[C@H](N)C(=O)N[C@@H](Cc1cnc[nH]1)C(=O)NCC(=O)N[C@@H](CCC(=O)O)C(=O)NCC(=O)O. The van der Waals surface area contributed by atoms with Crippen LogP contribution in [-0.2, 0) is 35.2 Å². The first-order valence-corrected chi connectivity index (χ1v) is 11.8. The molecule has 1 heterocycles. The van der Waals surface area contributed by atoms with Crippen LogP contribution < -0.4 is 38.5 Å². The molecule has 0 fully saturated rings. The van der Waals surface area contributed by atoms with Gasteiger partial charge in [-0.3, -0.25) is 33.8 Å². The number of rotatable bonds is 18. The largest absolute Gasteiger partial charge is 0.481 e. The van der Waals surface area contributed by atoms with Crippen LogP contribution in [0.1, 0.15) is 31.4 Å². The van der Waals surface area contributed by atoms with E-state index in [0.29, 0.717) is 12.1 Å². The average molecular weight is 555 g/mol. The summed E-state index contributed by atoms with van der Waals surface area (Å²) in [5.74, 6) is -5.81. The zero-order chi connectivity index (χ0) is 29.4. The number of carboxylic acids is 2. The number of H-pyrrole nitrogens is 1. The molecule has 0 bridgehead atoms. The van der Waals surface area contributed by atoms with Gasteiger partial charge in [-0.15, -0.1) is 0 Å². The lowest BCUT2D eigenvalue weighted by atomic mass is 10.1. The number of carboxylic acid groups (broad SMARTS) is 2. The molecule has 4 amide bonds. The zero-order valence-corrected chi connectivity index (χ0v) is 21.0. The maximum absolute atomic E-state index is 12.8. The second-order valence-electron chi connectivity index (χ2n) is 8.28. The molecule has 216 valence electrons. The highest BCUT2D eigenvalue weighted by atomic mass is 16.4. The van der Waals surface area contributed by atoms with Crippen molar-refractivity contribution in [2.45, 2.75) is 50.2 Å². The van der Waals surface area contributed by atoms with Crippen molar-refractivity contribution in [2.75, 3.05) is 19.6 Å². The van der Waals surface area contributed by atoms with E-state index < -0.39 is 73.2 Å². The molecule has 0 saturated carbocycles. The molecule has 0 unspecified atom stereocenters. The molecule has 0 aliphatic rings. The number of aromatic nitrogens is 2. The van der Waals surface area contributed by atoms with Crippen molar-refractivity contribution in [2.24, 2.45) is 22.2 Å². The fourth-order valence-corrected chi connectivity index (χ4v) is 3.11. The zero-order valence-electron chi connectivity index (χ0n) is 21.0. The van der Waals surface area contributed by atoms with Crippen LogP contribution in [0.4, 0.5) is 0 Å². The smallest absolute Gasteiger partial charge is 0.322 e. The van der Waals surface area contributed by atoms with Gasteiger partial charge >= 0.3 is 11.9 Å². The molecule has 13 N–H and O–H groups in total. The van der Waals surface area contributed by atoms with Gasteiger partial charge in [0.05, 0.1) is 18.9 Å². The third kappa shape index (κ3) is 14.0. The van der Waals surface area contributed by atoms with Crippen molar-refractivity contribution < 1.29 is 39.0 Å². The summed E-state index contributed by atoms with van der Waals surface area (Å²) in [5, 5.41) is 26.7. The number of guanidine groups is 1. The predicted molar refractivity (Wildman–Crippen MR) is 135 cm³/mol. The number of carbonyl (C=O) groups is 6. The molecule has 18 heteroatoms. The number of nitrogens with two attached hydrogens (primary N) is 3. The lowest BCUT2D eigenvalue weighted by Crippen LogP contribution is -2.55. The first kappa shape index (κ1) is 32.3. The molecule has 0 spiro atoms. The lowest BCUT2D eigenvalue weighted by molar-refractivity contribution is -0.140. The number of nitrogens with one attached hydrogen (secondary N) is 5. The molecule has 0 aromatic carbocycles. The third-order valence-electron chi connectivity index (χ3n) is 5.05. The number of imidazole rings is 1. The van der Waals surface area contributed by atoms with Gasteiger partial charge < -0.3 is 53.7 Å². The number of hydrogen-bond donors (Lipinski definition) is 10. The minimum Gasteiger partial charge on any atom is -0.481 e.